The summed E-state index contributed by atoms with van der Waals surface area (Å²) in [7, 11) is 0. The van der Waals surface area contributed by atoms with E-state index in [0.29, 0.717) is 37.3 Å². The summed E-state index contributed by atoms with van der Waals surface area (Å²) in [4.78, 5) is 26.3. The molecule has 0 unspecified atom stereocenters. The minimum absolute atomic E-state index is 0.157. The molecule has 1 N–H and O–H groups in total. The Labute approximate surface area is 132 Å². The van der Waals surface area contributed by atoms with Crippen LogP contribution in [0.2, 0.25) is 0 Å². The number of fused-ring (bicyclic) bond motifs is 2. The minimum atomic E-state index is -0.881. The van der Waals surface area contributed by atoms with Crippen LogP contribution in [0.1, 0.15) is 16.8 Å². The molecule has 2 aliphatic heterocycles. The summed E-state index contributed by atoms with van der Waals surface area (Å²) in [5, 5.41) is 10.4. The molecule has 2 atom stereocenters. The number of carboxylic acids is 1. The first-order valence-electron chi connectivity index (χ1n) is 7.68. The second-order valence-electron chi connectivity index (χ2n) is 6.31. The highest BCUT2D eigenvalue weighted by molar-refractivity contribution is 6.06. The van der Waals surface area contributed by atoms with Crippen LogP contribution in [0, 0.1) is 11.3 Å². The van der Waals surface area contributed by atoms with Crippen molar-refractivity contribution < 1.29 is 23.8 Å². The number of carbonyl (C=O) groups is 2. The van der Waals surface area contributed by atoms with E-state index in [9.17, 15) is 14.7 Å². The van der Waals surface area contributed by atoms with Crippen molar-refractivity contribution >= 4 is 22.8 Å². The van der Waals surface area contributed by atoms with Gasteiger partial charge in [0.05, 0.1) is 17.6 Å². The molecule has 2 aromatic rings. The van der Waals surface area contributed by atoms with Gasteiger partial charge in [-0.3, -0.25) is 9.59 Å². The second kappa shape index (κ2) is 5.09. The summed E-state index contributed by atoms with van der Waals surface area (Å²) < 4.78 is 10.9. The smallest absolute Gasteiger partial charge is 0.311 e. The lowest BCUT2D eigenvalue weighted by Crippen LogP contribution is -2.45. The maximum Gasteiger partial charge on any atom is 0.311 e. The van der Waals surface area contributed by atoms with Crippen LogP contribution in [0.25, 0.3) is 11.0 Å². The van der Waals surface area contributed by atoms with Crippen LogP contribution in [-0.4, -0.2) is 48.2 Å². The van der Waals surface area contributed by atoms with Gasteiger partial charge in [0.15, 0.2) is 0 Å². The Bertz CT molecular complexity index is 782. The lowest BCUT2D eigenvalue weighted by Gasteiger charge is -2.33. The first-order valence-corrected chi connectivity index (χ1v) is 7.68. The zero-order valence-corrected chi connectivity index (χ0v) is 12.5. The van der Waals surface area contributed by atoms with E-state index in [0.717, 1.165) is 5.39 Å². The topological polar surface area (TPSA) is 80.0 Å². The highest BCUT2D eigenvalue weighted by atomic mass is 16.5. The van der Waals surface area contributed by atoms with E-state index in [4.69, 9.17) is 9.15 Å². The first kappa shape index (κ1) is 14.3. The lowest BCUT2D eigenvalue weighted by molar-refractivity contribution is -0.157. The Morgan fingerprint density at radius 2 is 2.13 bits per heavy atom. The quantitative estimate of drug-likeness (QED) is 0.917. The van der Waals surface area contributed by atoms with Gasteiger partial charge in [-0.25, -0.2) is 0 Å². The molecular formula is C17H17NO5. The molecule has 2 fully saturated rings. The SMILES string of the molecule is O=C(c1coc2ccccc12)N1C[C@H]2COCC[C@@]2(C(=O)O)C1. The predicted octanol–water partition coefficient (Wildman–Crippen LogP) is 2.00. The minimum Gasteiger partial charge on any atom is -0.481 e. The van der Waals surface area contributed by atoms with Gasteiger partial charge in [0.1, 0.15) is 11.8 Å². The molecule has 2 aliphatic rings. The Balaban J connectivity index is 1.66. The third-order valence-corrected chi connectivity index (χ3v) is 5.13. The van der Waals surface area contributed by atoms with Gasteiger partial charge in [-0.05, 0) is 12.5 Å². The van der Waals surface area contributed by atoms with Crippen LogP contribution in [0.4, 0.5) is 0 Å². The molecule has 0 saturated carbocycles. The summed E-state index contributed by atoms with van der Waals surface area (Å²) in [6.45, 7) is 1.46. The van der Waals surface area contributed by atoms with Gasteiger partial charge < -0.3 is 19.2 Å². The standard InChI is InChI=1S/C17H17NO5/c19-15(13-9-23-14-4-2-1-3-12(13)14)18-7-11-8-22-6-5-17(11,10-18)16(20)21/h1-4,9,11H,5-8,10H2,(H,20,21)/t11-,17+/m0/s1. The number of likely N-dealkylation sites (tertiary alicyclic amines) is 1. The average molecular weight is 315 g/mol. The van der Waals surface area contributed by atoms with E-state index in [2.05, 4.69) is 0 Å². The zero-order valence-electron chi connectivity index (χ0n) is 12.5. The van der Waals surface area contributed by atoms with Gasteiger partial charge in [-0.2, -0.15) is 0 Å². The third-order valence-electron chi connectivity index (χ3n) is 5.13. The molecule has 1 aromatic carbocycles. The van der Waals surface area contributed by atoms with Crippen molar-refractivity contribution in [2.45, 2.75) is 6.42 Å². The van der Waals surface area contributed by atoms with Gasteiger partial charge in [-0.1, -0.05) is 18.2 Å². The Morgan fingerprint density at radius 1 is 1.30 bits per heavy atom. The first-order chi connectivity index (χ1) is 11.1. The van der Waals surface area contributed by atoms with Crippen molar-refractivity contribution in [3.63, 3.8) is 0 Å². The van der Waals surface area contributed by atoms with Crippen LogP contribution in [0.3, 0.4) is 0 Å². The molecule has 0 aliphatic carbocycles. The Hall–Kier alpha value is -2.34. The number of benzene rings is 1. The maximum atomic E-state index is 12.9. The summed E-state index contributed by atoms with van der Waals surface area (Å²) in [6.07, 6.45) is 1.90. The van der Waals surface area contributed by atoms with Gasteiger partial charge >= 0.3 is 5.97 Å². The number of rotatable bonds is 2. The van der Waals surface area contributed by atoms with Gasteiger partial charge in [0.2, 0.25) is 0 Å². The molecule has 2 saturated heterocycles. The van der Waals surface area contributed by atoms with Crippen LogP contribution in [0.15, 0.2) is 34.9 Å². The summed E-state index contributed by atoms with van der Waals surface area (Å²) in [5.74, 6) is -1.17. The van der Waals surface area contributed by atoms with E-state index < -0.39 is 11.4 Å². The molecule has 0 radical (unpaired) electrons. The van der Waals surface area contributed by atoms with E-state index in [1.165, 1.54) is 6.26 Å². The number of carbonyl (C=O) groups excluding carboxylic acids is 1. The normalized spacial score (nSPS) is 27.1. The van der Waals surface area contributed by atoms with Crippen molar-refractivity contribution in [1.29, 1.82) is 0 Å². The fourth-order valence-corrected chi connectivity index (χ4v) is 3.77. The van der Waals surface area contributed by atoms with Gasteiger partial charge in [0.25, 0.3) is 5.91 Å². The van der Waals surface area contributed by atoms with E-state index >= 15 is 0 Å². The number of para-hydroxylation sites is 1. The fourth-order valence-electron chi connectivity index (χ4n) is 3.77. The highest BCUT2D eigenvalue weighted by Crippen LogP contribution is 2.43. The summed E-state index contributed by atoms with van der Waals surface area (Å²) in [5.41, 5.74) is 0.262. The van der Waals surface area contributed by atoms with Crippen LogP contribution in [-0.2, 0) is 9.53 Å². The molecule has 4 rings (SSSR count). The largest absolute Gasteiger partial charge is 0.481 e. The van der Waals surface area contributed by atoms with Crippen molar-refractivity contribution in [2.75, 3.05) is 26.3 Å². The molecule has 23 heavy (non-hydrogen) atoms. The molecular weight excluding hydrogens is 298 g/mol. The van der Waals surface area contributed by atoms with E-state index in [1.807, 2.05) is 24.3 Å². The number of nitrogens with zero attached hydrogens (tertiary/aromatic N) is 1. The monoisotopic (exact) mass is 315 g/mol. The molecule has 6 heteroatoms. The van der Waals surface area contributed by atoms with Crippen LogP contribution >= 0.6 is 0 Å². The number of furan rings is 1. The number of aliphatic carboxylic acids is 1. The molecule has 120 valence electrons. The lowest BCUT2D eigenvalue weighted by atomic mass is 9.74. The highest BCUT2D eigenvalue weighted by Gasteiger charge is 2.55. The van der Waals surface area contributed by atoms with E-state index in [1.54, 1.807) is 4.90 Å². The van der Waals surface area contributed by atoms with E-state index in [-0.39, 0.29) is 18.4 Å². The molecule has 1 aromatic heterocycles. The van der Waals surface area contributed by atoms with Gasteiger partial charge in [0, 0.05) is 31.0 Å². The Kier molecular flexibility index (Phi) is 3.16. The molecule has 3 heterocycles. The van der Waals surface area contributed by atoms with Crippen molar-refractivity contribution in [2.24, 2.45) is 11.3 Å². The van der Waals surface area contributed by atoms with Crippen LogP contribution in [0.5, 0.6) is 0 Å². The maximum absolute atomic E-state index is 12.9. The number of amides is 1. The van der Waals surface area contributed by atoms with Gasteiger partial charge in [-0.15, -0.1) is 0 Å². The van der Waals surface area contributed by atoms with Crippen molar-refractivity contribution in [1.82, 2.24) is 4.90 Å². The Morgan fingerprint density at radius 3 is 2.91 bits per heavy atom. The number of ether oxygens (including phenoxy) is 1. The number of hydrogen-bond donors (Lipinski definition) is 1. The second-order valence-corrected chi connectivity index (χ2v) is 6.31. The van der Waals surface area contributed by atoms with Crippen molar-refractivity contribution in [3.05, 3.63) is 36.1 Å². The average Bonchev–Trinajstić information content (AvgIpc) is 3.16. The predicted molar refractivity (Wildman–Crippen MR) is 81.1 cm³/mol. The van der Waals surface area contributed by atoms with Crippen molar-refractivity contribution in [3.8, 4) is 0 Å². The molecule has 1 amide bonds. The molecule has 0 bridgehead atoms. The number of carboxylic acid groups (broad SMARTS) is 1. The molecule has 6 nitrogen and oxygen atoms in total. The fraction of sp³-hybridized carbons (Fsp3) is 0.412. The third kappa shape index (κ3) is 2.05. The number of hydrogen-bond acceptors (Lipinski definition) is 4. The zero-order chi connectivity index (χ0) is 16.0. The molecule has 0 spiro atoms. The van der Waals surface area contributed by atoms with Crippen LogP contribution < -0.4 is 0 Å². The summed E-state index contributed by atoms with van der Waals surface area (Å²) >= 11 is 0. The summed E-state index contributed by atoms with van der Waals surface area (Å²) in [6, 6.07) is 7.35.